The monoisotopic (exact) mass is 458 g/mol. The van der Waals surface area contributed by atoms with Gasteiger partial charge in [0.25, 0.3) is 5.56 Å². The number of aromatic amines is 1. The highest BCUT2D eigenvalue weighted by Crippen LogP contribution is 2.31. The maximum absolute atomic E-state index is 13.1. The SMILES string of the molecule is O=C1C[C@@H](C(=O)Nc2ccc(F)cc2)c2c(nc(SCc3ccc(Cl)cc3)[nH]c2=O)N1. The minimum Gasteiger partial charge on any atom is -0.326 e. The number of aromatic nitrogens is 2. The minimum atomic E-state index is -1.01. The Morgan fingerprint density at radius 2 is 1.87 bits per heavy atom. The lowest BCUT2D eigenvalue weighted by Crippen LogP contribution is -2.36. The Morgan fingerprint density at radius 3 is 2.58 bits per heavy atom. The molecular formula is C21H16ClFN4O3S. The molecule has 0 unspecified atom stereocenters. The average molecular weight is 459 g/mol. The number of thioether (sulfide) groups is 1. The third-order valence-corrected chi connectivity index (χ3v) is 5.84. The van der Waals surface area contributed by atoms with Crippen LogP contribution in [-0.4, -0.2) is 21.8 Å². The highest BCUT2D eigenvalue weighted by atomic mass is 35.5. The summed E-state index contributed by atoms with van der Waals surface area (Å²) in [5.74, 6) is -1.82. The second-order valence-electron chi connectivity index (χ2n) is 6.85. The van der Waals surface area contributed by atoms with Gasteiger partial charge in [-0.3, -0.25) is 14.4 Å². The quantitative estimate of drug-likeness (QED) is 0.397. The van der Waals surface area contributed by atoms with E-state index in [4.69, 9.17) is 11.6 Å². The average Bonchev–Trinajstić information content (AvgIpc) is 2.74. The van der Waals surface area contributed by atoms with Crippen molar-refractivity contribution in [2.75, 3.05) is 10.6 Å². The fraction of sp³-hybridized carbons (Fsp3) is 0.143. The largest absolute Gasteiger partial charge is 0.326 e. The molecule has 4 rings (SSSR count). The molecule has 3 aromatic rings. The van der Waals surface area contributed by atoms with Gasteiger partial charge >= 0.3 is 0 Å². The van der Waals surface area contributed by atoms with Crippen LogP contribution < -0.4 is 16.2 Å². The van der Waals surface area contributed by atoms with Crippen LogP contribution in [0.25, 0.3) is 0 Å². The first-order valence-electron chi connectivity index (χ1n) is 9.27. The molecule has 10 heteroatoms. The van der Waals surface area contributed by atoms with Crippen LogP contribution >= 0.6 is 23.4 Å². The summed E-state index contributed by atoms with van der Waals surface area (Å²) in [4.78, 5) is 44.7. The number of amides is 2. The van der Waals surface area contributed by atoms with Crippen LogP contribution in [0.1, 0.15) is 23.5 Å². The van der Waals surface area contributed by atoms with Crippen molar-refractivity contribution in [3.8, 4) is 0 Å². The zero-order valence-electron chi connectivity index (χ0n) is 15.9. The van der Waals surface area contributed by atoms with Gasteiger partial charge in [0, 0.05) is 22.9 Å². The summed E-state index contributed by atoms with van der Waals surface area (Å²) in [5.41, 5.74) is 0.937. The molecule has 0 saturated carbocycles. The van der Waals surface area contributed by atoms with E-state index in [-0.39, 0.29) is 17.8 Å². The van der Waals surface area contributed by atoms with E-state index in [1.165, 1.54) is 36.0 Å². The fourth-order valence-electron chi connectivity index (χ4n) is 3.14. The van der Waals surface area contributed by atoms with Gasteiger partial charge in [-0.2, -0.15) is 0 Å². The maximum Gasteiger partial charge on any atom is 0.257 e. The molecule has 0 bridgehead atoms. The number of anilines is 2. The summed E-state index contributed by atoms with van der Waals surface area (Å²) >= 11 is 7.17. The highest BCUT2D eigenvalue weighted by molar-refractivity contribution is 7.98. The summed E-state index contributed by atoms with van der Waals surface area (Å²) < 4.78 is 13.1. The lowest BCUT2D eigenvalue weighted by molar-refractivity contribution is -0.123. The maximum atomic E-state index is 13.1. The minimum absolute atomic E-state index is 0.0675. The first-order valence-corrected chi connectivity index (χ1v) is 10.6. The van der Waals surface area contributed by atoms with Crippen molar-refractivity contribution >= 4 is 46.7 Å². The van der Waals surface area contributed by atoms with E-state index in [1.54, 1.807) is 12.1 Å². The molecule has 31 heavy (non-hydrogen) atoms. The molecule has 0 spiro atoms. The van der Waals surface area contributed by atoms with Crippen molar-refractivity contribution in [1.82, 2.24) is 9.97 Å². The van der Waals surface area contributed by atoms with Crippen molar-refractivity contribution in [3.63, 3.8) is 0 Å². The number of hydrogen-bond donors (Lipinski definition) is 3. The molecule has 0 aliphatic carbocycles. The van der Waals surface area contributed by atoms with E-state index in [0.29, 0.717) is 21.6 Å². The first-order chi connectivity index (χ1) is 14.9. The summed E-state index contributed by atoms with van der Waals surface area (Å²) in [6.07, 6.45) is -0.192. The van der Waals surface area contributed by atoms with Crippen LogP contribution in [0, 0.1) is 5.82 Å². The number of H-pyrrole nitrogens is 1. The van der Waals surface area contributed by atoms with Gasteiger partial charge in [-0.05, 0) is 42.0 Å². The fourth-order valence-corrected chi connectivity index (χ4v) is 4.08. The number of carbonyl (C=O) groups excluding carboxylic acids is 2. The predicted octanol–water partition coefficient (Wildman–Crippen LogP) is 3.92. The number of carbonyl (C=O) groups is 2. The molecule has 2 amide bonds. The van der Waals surface area contributed by atoms with Crippen LogP contribution in [0.2, 0.25) is 5.02 Å². The van der Waals surface area contributed by atoms with E-state index >= 15 is 0 Å². The molecule has 158 valence electrons. The molecule has 7 nitrogen and oxygen atoms in total. The Morgan fingerprint density at radius 1 is 1.16 bits per heavy atom. The van der Waals surface area contributed by atoms with Gasteiger partial charge in [-0.1, -0.05) is 35.5 Å². The van der Waals surface area contributed by atoms with E-state index in [9.17, 15) is 18.8 Å². The molecule has 0 fully saturated rings. The topological polar surface area (TPSA) is 104 Å². The van der Waals surface area contributed by atoms with E-state index < -0.39 is 29.1 Å². The standard InChI is InChI=1S/C21H16ClFN4O3S/c22-12-3-1-11(2-4-12)10-31-21-26-18-17(20(30)27-21)15(9-16(28)25-18)19(29)24-14-7-5-13(23)6-8-14/h1-8,15H,9-10H2,(H,24,29)(H2,25,26,27,28,30)/t15-/m1/s1. The van der Waals surface area contributed by atoms with Crippen molar-refractivity contribution < 1.29 is 14.0 Å². The third-order valence-electron chi connectivity index (χ3n) is 4.65. The number of nitrogens with one attached hydrogen (secondary N) is 3. The van der Waals surface area contributed by atoms with Gasteiger partial charge in [0.2, 0.25) is 11.8 Å². The van der Waals surface area contributed by atoms with Crippen molar-refractivity contribution in [2.45, 2.75) is 23.2 Å². The smallest absolute Gasteiger partial charge is 0.257 e. The van der Waals surface area contributed by atoms with Crippen LogP contribution in [0.15, 0.2) is 58.5 Å². The Bertz CT molecular complexity index is 1200. The van der Waals surface area contributed by atoms with Crippen molar-refractivity contribution in [2.24, 2.45) is 0 Å². The summed E-state index contributed by atoms with van der Waals surface area (Å²) in [5, 5.41) is 6.13. The second kappa shape index (κ2) is 8.91. The molecule has 2 aromatic carbocycles. The number of fused-ring (bicyclic) bond motifs is 1. The molecular weight excluding hydrogens is 443 g/mol. The van der Waals surface area contributed by atoms with Crippen molar-refractivity contribution in [1.29, 1.82) is 0 Å². The van der Waals surface area contributed by atoms with Crippen LogP contribution in [-0.2, 0) is 15.3 Å². The van der Waals surface area contributed by atoms with Crippen LogP contribution in [0.3, 0.4) is 0 Å². The van der Waals surface area contributed by atoms with Gasteiger partial charge in [0.05, 0.1) is 11.5 Å². The molecule has 1 aliphatic heterocycles. The van der Waals surface area contributed by atoms with Gasteiger partial charge in [-0.25, -0.2) is 9.37 Å². The number of nitrogens with zero attached hydrogens (tertiary/aromatic N) is 1. The van der Waals surface area contributed by atoms with Gasteiger partial charge in [0.15, 0.2) is 5.16 Å². The van der Waals surface area contributed by atoms with Crippen LogP contribution in [0.4, 0.5) is 15.9 Å². The lowest BCUT2D eigenvalue weighted by atomic mass is 9.92. The predicted molar refractivity (Wildman–Crippen MR) is 117 cm³/mol. The van der Waals surface area contributed by atoms with Gasteiger partial charge in [0.1, 0.15) is 11.6 Å². The Balaban J connectivity index is 1.56. The normalized spacial score (nSPS) is 15.2. The number of halogens is 2. The Hall–Kier alpha value is -3.17. The highest BCUT2D eigenvalue weighted by Gasteiger charge is 2.34. The van der Waals surface area contributed by atoms with E-state index in [1.807, 2.05) is 12.1 Å². The molecule has 1 aromatic heterocycles. The molecule has 2 heterocycles. The molecule has 0 radical (unpaired) electrons. The first kappa shape index (κ1) is 21.1. The Labute approximate surface area is 185 Å². The summed E-state index contributed by atoms with van der Waals surface area (Å²) in [7, 11) is 0. The zero-order valence-corrected chi connectivity index (χ0v) is 17.5. The molecule has 0 saturated heterocycles. The lowest BCUT2D eigenvalue weighted by Gasteiger charge is -2.23. The summed E-state index contributed by atoms with van der Waals surface area (Å²) in [6.45, 7) is 0. The molecule has 1 aliphatic rings. The number of benzene rings is 2. The number of rotatable bonds is 5. The molecule has 1 atom stereocenters. The summed E-state index contributed by atoms with van der Waals surface area (Å²) in [6, 6.07) is 12.5. The van der Waals surface area contributed by atoms with Gasteiger partial charge < -0.3 is 15.6 Å². The van der Waals surface area contributed by atoms with Crippen LogP contribution in [0.5, 0.6) is 0 Å². The van der Waals surface area contributed by atoms with Crippen molar-refractivity contribution in [3.05, 3.63) is 80.9 Å². The third kappa shape index (κ3) is 4.95. The number of hydrogen-bond acceptors (Lipinski definition) is 5. The Kier molecular flexibility index (Phi) is 6.06. The van der Waals surface area contributed by atoms with E-state index in [2.05, 4.69) is 20.6 Å². The second-order valence-corrected chi connectivity index (χ2v) is 8.25. The molecule has 3 N–H and O–H groups in total. The zero-order chi connectivity index (χ0) is 22.0. The van der Waals surface area contributed by atoms with Gasteiger partial charge in [-0.15, -0.1) is 0 Å². The van der Waals surface area contributed by atoms with E-state index in [0.717, 1.165) is 5.56 Å².